The molecule has 21 heavy (non-hydrogen) atoms. The fourth-order valence-electron chi connectivity index (χ4n) is 1.77. The summed E-state index contributed by atoms with van der Waals surface area (Å²) in [5.41, 5.74) is 0.286. The number of halogens is 6. The fraction of sp³-hybridized carbons (Fsp3) is 0.250. The number of benzene rings is 1. The van der Waals surface area contributed by atoms with E-state index in [0.29, 0.717) is 11.3 Å². The van der Waals surface area contributed by atoms with E-state index in [4.69, 9.17) is 0 Å². The lowest BCUT2D eigenvalue weighted by molar-refractivity contribution is -0.137. The molecule has 0 bridgehead atoms. The van der Waals surface area contributed by atoms with Gasteiger partial charge in [0.25, 0.3) is 0 Å². The van der Waals surface area contributed by atoms with Crippen LogP contribution in [-0.2, 0) is 6.18 Å². The van der Waals surface area contributed by atoms with Crippen LogP contribution in [0.1, 0.15) is 21.5 Å². The molecule has 1 N–H and O–H groups in total. The summed E-state index contributed by atoms with van der Waals surface area (Å²) in [5.74, 6) is -2.13. The molecule has 0 radical (unpaired) electrons. The van der Waals surface area contributed by atoms with Crippen molar-refractivity contribution in [1.82, 2.24) is 10.3 Å². The summed E-state index contributed by atoms with van der Waals surface area (Å²) < 4.78 is 64.3. The molecule has 2 rings (SSSR count). The number of nitrogens with one attached hydrogen (secondary N) is 1. The van der Waals surface area contributed by atoms with E-state index in [1.807, 2.05) is 0 Å². The van der Waals surface area contributed by atoms with Crippen LogP contribution in [0.4, 0.5) is 22.0 Å². The maximum atomic E-state index is 13.6. The molecule has 0 fully saturated rings. The van der Waals surface area contributed by atoms with Gasteiger partial charge in [-0.15, -0.1) is 11.3 Å². The van der Waals surface area contributed by atoms with Gasteiger partial charge in [-0.3, -0.25) is 0 Å². The lowest BCUT2D eigenvalue weighted by atomic mass is 10.1. The van der Waals surface area contributed by atoms with Gasteiger partial charge in [-0.2, -0.15) is 13.2 Å². The molecule has 0 aliphatic heterocycles. The summed E-state index contributed by atoms with van der Waals surface area (Å²) in [5, 5.41) is 1.78. The Morgan fingerprint density at radius 1 is 1.29 bits per heavy atom. The Kier molecular flexibility index (Phi) is 4.64. The molecular formula is C12H8BrF5N2S. The molecule has 2 nitrogen and oxygen atoms in total. The molecule has 1 aromatic carbocycles. The van der Waals surface area contributed by atoms with Crippen molar-refractivity contribution in [2.24, 2.45) is 0 Å². The van der Waals surface area contributed by atoms with E-state index < -0.39 is 28.9 Å². The highest BCUT2D eigenvalue weighted by atomic mass is 79.9. The van der Waals surface area contributed by atoms with Gasteiger partial charge >= 0.3 is 6.18 Å². The van der Waals surface area contributed by atoms with Crippen LogP contribution in [0.5, 0.6) is 0 Å². The van der Waals surface area contributed by atoms with E-state index in [1.165, 1.54) is 13.1 Å². The topological polar surface area (TPSA) is 24.9 Å². The van der Waals surface area contributed by atoms with Crippen molar-refractivity contribution in [3.05, 3.63) is 49.9 Å². The van der Waals surface area contributed by atoms with E-state index in [1.54, 1.807) is 0 Å². The van der Waals surface area contributed by atoms with E-state index in [0.717, 1.165) is 12.3 Å². The van der Waals surface area contributed by atoms with Crippen molar-refractivity contribution >= 4 is 27.3 Å². The minimum Gasteiger partial charge on any atom is -0.309 e. The van der Waals surface area contributed by atoms with E-state index in [-0.39, 0.29) is 14.9 Å². The molecule has 0 aliphatic carbocycles. The highest BCUT2D eigenvalue weighted by molar-refractivity contribution is 9.10. The fourth-order valence-corrected chi connectivity index (χ4v) is 3.23. The van der Waals surface area contributed by atoms with Gasteiger partial charge in [-0.1, -0.05) is 6.07 Å². The molecule has 0 aliphatic rings. The summed E-state index contributed by atoms with van der Waals surface area (Å²) >= 11 is 3.37. The first kappa shape index (κ1) is 16.3. The lowest BCUT2D eigenvalue weighted by Gasteiger charge is -2.16. The minimum atomic E-state index is -4.54. The average molecular weight is 387 g/mol. The predicted molar refractivity (Wildman–Crippen MR) is 72.1 cm³/mol. The molecule has 0 saturated carbocycles. The standard InChI is InChI=1S/C12H8BrF5N2S/c1-19-10(5-2-3-6(14)9(15)8(5)13)7-4-20-11(21-7)12(16,17)18/h2-4,10,19H,1H3. The minimum absolute atomic E-state index is 0.135. The van der Waals surface area contributed by atoms with Crippen LogP contribution in [0.3, 0.4) is 0 Å². The zero-order chi connectivity index (χ0) is 15.8. The SMILES string of the molecule is CNC(c1cnc(C(F)(F)F)s1)c1ccc(F)c(F)c1Br. The van der Waals surface area contributed by atoms with Crippen LogP contribution in [-0.4, -0.2) is 12.0 Å². The highest BCUT2D eigenvalue weighted by Gasteiger charge is 2.35. The number of aromatic nitrogens is 1. The molecule has 0 spiro atoms. The van der Waals surface area contributed by atoms with Crippen molar-refractivity contribution in [3.63, 3.8) is 0 Å². The number of alkyl halides is 3. The smallest absolute Gasteiger partial charge is 0.309 e. The Hall–Kier alpha value is -1.06. The Morgan fingerprint density at radius 2 is 1.95 bits per heavy atom. The van der Waals surface area contributed by atoms with E-state index in [9.17, 15) is 22.0 Å². The molecule has 0 saturated heterocycles. The zero-order valence-corrected chi connectivity index (χ0v) is 12.8. The van der Waals surface area contributed by atoms with Gasteiger partial charge in [0.15, 0.2) is 16.6 Å². The normalized spacial score (nSPS) is 13.5. The molecule has 1 unspecified atom stereocenters. The van der Waals surface area contributed by atoms with Gasteiger partial charge in [0.1, 0.15) is 0 Å². The van der Waals surface area contributed by atoms with Gasteiger partial charge in [-0.05, 0) is 34.6 Å². The number of rotatable bonds is 3. The number of hydrogen-bond donors (Lipinski definition) is 1. The molecular weight excluding hydrogens is 379 g/mol. The van der Waals surface area contributed by atoms with Crippen molar-refractivity contribution in [2.45, 2.75) is 12.2 Å². The van der Waals surface area contributed by atoms with Gasteiger partial charge in [0, 0.05) is 11.1 Å². The second-order valence-corrected chi connectivity index (χ2v) is 5.91. The van der Waals surface area contributed by atoms with Crippen LogP contribution in [0.2, 0.25) is 0 Å². The highest BCUT2D eigenvalue weighted by Crippen LogP contribution is 2.38. The molecule has 1 aromatic heterocycles. The summed E-state index contributed by atoms with van der Waals surface area (Å²) in [4.78, 5) is 3.57. The van der Waals surface area contributed by atoms with Gasteiger partial charge in [-0.25, -0.2) is 13.8 Å². The molecule has 1 heterocycles. The summed E-state index contributed by atoms with van der Waals surface area (Å²) in [7, 11) is 1.51. The van der Waals surface area contributed by atoms with Crippen LogP contribution in [0.25, 0.3) is 0 Å². The predicted octanol–water partition coefficient (Wildman–Crippen LogP) is 4.51. The van der Waals surface area contributed by atoms with Gasteiger partial charge < -0.3 is 5.32 Å². The number of nitrogens with zero attached hydrogens (tertiary/aromatic N) is 1. The average Bonchev–Trinajstić information content (AvgIpc) is 2.89. The van der Waals surface area contributed by atoms with Crippen LogP contribution in [0, 0.1) is 11.6 Å². The summed E-state index contributed by atoms with van der Waals surface area (Å²) in [6, 6.07) is 1.49. The first-order chi connectivity index (χ1) is 9.75. The van der Waals surface area contributed by atoms with E-state index >= 15 is 0 Å². The monoisotopic (exact) mass is 386 g/mol. The first-order valence-electron chi connectivity index (χ1n) is 5.59. The molecule has 9 heteroatoms. The second-order valence-electron chi connectivity index (χ2n) is 4.05. The van der Waals surface area contributed by atoms with Crippen molar-refractivity contribution in [2.75, 3.05) is 7.05 Å². The van der Waals surface area contributed by atoms with Crippen LogP contribution in [0.15, 0.2) is 22.8 Å². The number of thiazole rings is 1. The Labute approximate surface area is 129 Å². The lowest BCUT2D eigenvalue weighted by Crippen LogP contribution is -2.17. The van der Waals surface area contributed by atoms with Crippen molar-refractivity contribution < 1.29 is 22.0 Å². The summed E-state index contributed by atoms with van der Waals surface area (Å²) in [6.07, 6.45) is -3.46. The third-order valence-electron chi connectivity index (χ3n) is 2.72. The summed E-state index contributed by atoms with van der Waals surface area (Å²) in [6.45, 7) is 0. The Balaban J connectivity index is 2.45. The van der Waals surface area contributed by atoms with Crippen LogP contribution >= 0.6 is 27.3 Å². The maximum Gasteiger partial charge on any atom is 0.443 e. The van der Waals surface area contributed by atoms with Gasteiger partial charge in [0.05, 0.1) is 10.5 Å². The van der Waals surface area contributed by atoms with Gasteiger partial charge in [0.2, 0.25) is 0 Å². The second kappa shape index (κ2) is 5.98. The van der Waals surface area contributed by atoms with E-state index in [2.05, 4.69) is 26.2 Å². The maximum absolute atomic E-state index is 13.6. The Bertz CT molecular complexity index is 656. The number of hydrogen-bond acceptors (Lipinski definition) is 3. The van der Waals surface area contributed by atoms with Crippen molar-refractivity contribution in [3.8, 4) is 0 Å². The van der Waals surface area contributed by atoms with Crippen LogP contribution < -0.4 is 5.32 Å². The van der Waals surface area contributed by atoms with Crippen molar-refractivity contribution in [1.29, 1.82) is 0 Å². The largest absolute Gasteiger partial charge is 0.443 e. The third-order valence-corrected chi connectivity index (χ3v) is 4.63. The molecule has 2 aromatic rings. The Morgan fingerprint density at radius 3 is 2.48 bits per heavy atom. The molecule has 1 atom stereocenters. The third kappa shape index (κ3) is 3.24. The quantitative estimate of drug-likeness (QED) is 0.619. The zero-order valence-electron chi connectivity index (χ0n) is 10.4. The molecule has 0 amide bonds. The molecule has 114 valence electrons. The first-order valence-corrected chi connectivity index (χ1v) is 7.20.